The van der Waals surface area contributed by atoms with Crippen molar-refractivity contribution in [1.29, 1.82) is 0 Å². The number of nitrogens with one attached hydrogen (secondary N) is 3. The van der Waals surface area contributed by atoms with Gasteiger partial charge in [-0.25, -0.2) is 0 Å². The Morgan fingerprint density at radius 2 is 2.03 bits per heavy atom. The Balaban J connectivity index is 1.62. The molecule has 2 saturated heterocycles. The molecular weight excluding hydrogens is 544 g/mol. The number of pyridine rings is 1. The summed E-state index contributed by atoms with van der Waals surface area (Å²) in [5.74, 6) is -0.212. The fourth-order valence-electron chi connectivity index (χ4n) is 4.79. The molecule has 2 aliphatic heterocycles. The summed E-state index contributed by atoms with van der Waals surface area (Å²) in [6, 6.07) is 3.80. The first-order valence-corrected chi connectivity index (χ1v) is 13.1. The van der Waals surface area contributed by atoms with Crippen molar-refractivity contribution in [2.75, 3.05) is 44.0 Å². The SMILES string of the molecule is CNc1cncc(C(=O)N[C@H]2CCOC[C@H]2Nc2c(C(=O)N3CCC[C@@H](C)C3)cc(Br)cc2[N+](=O)[O-])c1. The lowest BCUT2D eigenvalue weighted by Gasteiger charge is -2.35. The van der Waals surface area contributed by atoms with Gasteiger partial charge in [0.2, 0.25) is 0 Å². The molecule has 12 heteroatoms. The van der Waals surface area contributed by atoms with Crippen LogP contribution < -0.4 is 16.0 Å². The van der Waals surface area contributed by atoms with E-state index in [-0.39, 0.29) is 41.4 Å². The number of rotatable bonds is 7. The summed E-state index contributed by atoms with van der Waals surface area (Å²) in [5.41, 5.74) is 1.22. The molecule has 2 amide bonds. The normalized spacial score (nSPS) is 21.7. The molecule has 11 nitrogen and oxygen atoms in total. The van der Waals surface area contributed by atoms with Gasteiger partial charge in [0.1, 0.15) is 5.69 Å². The van der Waals surface area contributed by atoms with Gasteiger partial charge in [0, 0.05) is 49.7 Å². The molecule has 3 atom stereocenters. The van der Waals surface area contributed by atoms with Crippen LogP contribution in [0.3, 0.4) is 0 Å². The molecule has 1 aromatic carbocycles. The molecule has 0 bridgehead atoms. The number of piperidine rings is 1. The number of aromatic nitrogens is 1. The van der Waals surface area contributed by atoms with Crippen LogP contribution in [0.2, 0.25) is 0 Å². The summed E-state index contributed by atoms with van der Waals surface area (Å²) >= 11 is 3.33. The van der Waals surface area contributed by atoms with Gasteiger partial charge in [-0.2, -0.15) is 0 Å². The average Bonchev–Trinajstić information content (AvgIpc) is 2.89. The number of nitro groups is 1. The lowest BCUT2D eigenvalue weighted by Crippen LogP contribution is -2.52. The van der Waals surface area contributed by atoms with Crippen molar-refractivity contribution in [2.24, 2.45) is 5.92 Å². The van der Waals surface area contributed by atoms with Gasteiger partial charge in [-0.3, -0.25) is 24.7 Å². The summed E-state index contributed by atoms with van der Waals surface area (Å²) in [6.45, 7) is 3.94. The zero-order valence-electron chi connectivity index (χ0n) is 20.8. The van der Waals surface area contributed by atoms with E-state index in [1.165, 1.54) is 12.3 Å². The summed E-state index contributed by atoms with van der Waals surface area (Å²) in [6.07, 6.45) is 5.53. The summed E-state index contributed by atoms with van der Waals surface area (Å²) < 4.78 is 6.10. The average molecular weight is 575 g/mol. The van der Waals surface area contributed by atoms with Crippen LogP contribution in [0, 0.1) is 16.0 Å². The summed E-state index contributed by atoms with van der Waals surface area (Å²) in [4.78, 5) is 43.9. The highest BCUT2D eigenvalue weighted by Gasteiger charge is 2.33. The molecule has 37 heavy (non-hydrogen) atoms. The second-order valence-electron chi connectivity index (χ2n) is 9.51. The largest absolute Gasteiger partial charge is 0.387 e. The van der Waals surface area contributed by atoms with E-state index in [0.717, 1.165) is 12.8 Å². The van der Waals surface area contributed by atoms with Gasteiger partial charge in [-0.1, -0.05) is 22.9 Å². The number of benzene rings is 1. The monoisotopic (exact) mass is 574 g/mol. The summed E-state index contributed by atoms with van der Waals surface area (Å²) in [5, 5.41) is 21.2. The molecule has 1 aromatic heterocycles. The molecule has 3 N–H and O–H groups in total. The Kier molecular flexibility index (Phi) is 8.59. The van der Waals surface area contributed by atoms with Gasteiger partial charge in [-0.15, -0.1) is 0 Å². The summed E-state index contributed by atoms with van der Waals surface area (Å²) in [7, 11) is 1.74. The van der Waals surface area contributed by atoms with Crippen molar-refractivity contribution in [2.45, 2.75) is 38.3 Å². The van der Waals surface area contributed by atoms with E-state index in [4.69, 9.17) is 4.74 Å². The van der Waals surface area contributed by atoms with E-state index in [9.17, 15) is 19.7 Å². The predicted molar refractivity (Wildman–Crippen MR) is 143 cm³/mol. The van der Waals surface area contributed by atoms with Crippen LogP contribution in [0.5, 0.6) is 0 Å². The number of carbonyl (C=O) groups excluding carboxylic acids is 2. The zero-order valence-corrected chi connectivity index (χ0v) is 22.4. The van der Waals surface area contributed by atoms with Crippen LogP contribution in [0.1, 0.15) is 46.9 Å². The quantitative estimate of drug-likeness (QED) is 0.336. The lowest BCUT2D eigenvalue weighted by molar-refractivity contribution is -0.384. The molecule has 3 heterocycles. The predicted octanol–water partition coefficient (Wildman–Crippen LogP) is 3.67. The number of nitrogens with zero attached hydrogens (tertiary/aromatic N) is 3. The lowest BCUT2D eigenvalue weighted by atomic mass is 9.98. The first kappa shape index (κ1) is 26.8. The molecule has 0 spiro atoms. The van der Waals surface area contributed by atoms with Crippen molar-refractivity contribution in [3.05, 3.63) is 56.3 Å². The molecule has 2 fully saturated rings. The minimum atomic E-state index is -0.505. The number of nitro benzene ring substituents is 1. The molecule has 0 saturated carbocycles. The van der Waals surface area contributed by atoms with Gasteiger partial charge in [0.15, 0.2) is 0 Å². The number of hydrogen-bond acceptors (Lipinski definition) is 8. The van der Waals surface area contributed by atoms with Gasteiger partial charge in [0.05, 0.1) is 40.4 Å². The van der Waals surface area contributed by atoms with Crippen LogP contribution in [0.25, 0.3) is 0 Å². The zero-order chi connectivity index (χ0) is 26.5. The topological polar surface area (TPSA) is 139 Å². The van der Waals surface area contributed by atoms with Crippen LogP contribution in [0.15, 0.2) is 35.1 Å². The Bertz CT molecular complexity index is 1180. The molecule has 0 aliphatic carbocycles. The van der Waals surface area contributed by atoms with E-state index in [1.54, 1.807) is 30.3 Å². The standard InChI is InChI=1S/C25H31BrN6O5/c1-15-4-3-6-31(13-15)25(34)19-9-17(26)10-22(32(35)36)23(19)29-21-14-37-7-5-20(21)30-24(33)16-8-18(27-2)12-28-11-16/h8-12,15,20-21,27,29H,3-7,13-14H2,1-2H3,(H,30,33)/t15-,20+,21-/m1/s1. The number of hydrogen-bond donors (Lipinski definition) is 3. The van der Waals surface area contributed by atoms with Crippen molar-refractivity contribution < 1.29 is 19.2 Å². The Hall–Kier alpha value is -3.25. The molecule has 4 rings (SSSR count). The maximum absolute atomic E-state index is 13.6. The van der Waals surface area contributed by atoms with Gasteiger partial charge >= 0.3 is 0 Å². The van der Waals surface area contributed by atoms with Crippen molar-refractivity contribution in [1.82, 2.24) is 15.2 Å². The second-order valence-corrected chi connectivity index (χ2v) is 10.4. The highest BCUT2D eigenvalue weighted by atomic mass is 79.9. The Morgan fingerprint density at radius 1 is 1.22 bits per heavy atom. The number of anilines is 2. The molecule has 2 aromatic rings. The van der Waals surface area contributed by atoms with Crippen LogP contribution in [-0.4, -0.2) is 72.1 Å². The van der Waals surface area contributed by atoms with Gasteiger partial charge in [0.25, 0.3) is 17.5 Å². The van der Waals surface area contributed by atoms with Crippen molar-refractivity contribution >= 4 is 44.8 Å². The smallest absolute Gasteiger partial charge is 0.294 e. The first-order chi connectivity index (χ1) is 17.8. The molecule has 198 valence electrons. The fraction of sp³-hybridized carbons (Fsp3) is 0.480. The van der Waals surface area contributed by atoms with Crippen LogP contribution >= 0.6 is 15.9 Å². The van der Waals surface area contributed by atoms with E-state index < -0.39 is 11.0 Å². The van der Waals surface area contributed by atoms with E-state index in [2.05, 4.69) is 43.8 Å². The van der Waals surface area contributed by atoms with Crippen molar-refractivity contribution in [3.8, 4) is 0 Å². The minimum absolute atomic E-state index is 0.130. The number of ether oxygens (including phenoxy) is 1. The minimum Gasteiger partial charge on any atom is -0.387 e. The van der Waals surface area contributed by atoms with Gasteiger partial charge < -0.3 is 25.6 Å². The van der Waals surface area contributed by atoms with Crippen LogP contribution in [0.4, 0.5) is 17.1 Å². The highest BCUT2D eigenvalue weighted by molar-refractivity contribution is 9.10. The number of likely N-dealkylation sites (tertiary alicyclic amines) is 1. The van der Waals surface area contributed by atoms with E-state index in [0.29, 0.717) is 47.8 Å². The molecular formula is C25H31BrN6O5. The number of amides is 2. The number of halogens is 1. The maximum atomic E-state index is 13.6. The molecule has 0 radical (unpaired) electrons. The third-order valence-corrected chi connectivity index (χ3v) is 7.20. The number of carbonyl (C=O) groups is 2. The molecule has 0 unspecified atom stereocenters. The third-order valence-electron chi connectivity index (χ3n) is 6.75. The van der Waals surface area contributed by atoms with E-state index >= 15 is 0 Å². The second kappa shape index (κ2) is 11.9. The first-order valence-electron chi connectivity index (χ1n) is 12.3. The molecule has 2 aliphatic rings. The third kappa shape index (κ3) is 6.37. The highest BCUT2D eigenvalue weighted by Crippen LogP contribution is 2.35. The Labute approximate surface area is 223 Å². The van der Waals surface area contributed by atoms with Crippen molar-refractivity contribution in [3.63, 3.8) is 0 Å². The van der Waals surface area contributed by atoms with Gasteiger partial charge in [-0.05, 0) is 37.3 Å². The van der Waals surface area contributed by atoms with Crippen LogP contribution in [-0.2, 0) is 4.74 Å². The Morgan fingerprint density at radius 3 is 2.76 bits per heavy atom. The maximum Gasteiger partial charge on any atom is 0.294 e. The fourth-order valence-corrected chi connectivity index (χ4v) is 5.24. The van der Waals surface area contributed by atoms with E-state index in [1.807, 2.05) is 0 Å².